The van der Waals surface area contributed by atoms with E-state index in [4.69, 9.17) is 4.42 Å². The fourth-order valence-corrected chi connectivity index (χ4v) is 5.82. The molecule has 2 saturated heterocycles. The van der Waals surface area contributed by atoms with E-state index in [1.54, 1.807) is 14.9 Å². The molecular weight excluding hydrogens is 314 g/mol. The quantitative estimate of drug-likeness (QED) is 0.783. The van der Waals surface area contributed by atoms with Gasteiger partial charge in [-0.25, -0.2) is 0 Å². The van der Waals surface area contributed by atoms with Crippen LogP contribution < -0.4 is 0 Å². The van der Waals surface area contributed by atoms with Crippen LogP contribution in [0, 0.1) is 0 Å². The molecule has 0 spiro atoms. The molecule has 0 saturated carbocycles. The van der Waals surface area contributed by atoms with Crippen molar-refractivity contribution in [3.63, 3.8) is 0 Å². The van der Waals surface area contributed by atoms with Crippen molar-refractivity contribution in [3.05, 3.63) is 36.3 Å². The fraction of sp³-hybridized carbons (Fsp3) is 0.625. The lowest BCUT2D eigenvalue weighted by molar-refractivity contribution is 0.256. The summed E-state index contributed by atoms with van der Waals surface area (Å²) in [5.41, 5.74) is 0. The highest BCUT2D eigenvalue weighted by molar-refractivity contribution is 7.86. The molecule has 4 rings (SSSR count). The first-order valence-electron chi connectivity index (χ1n) is 8.35. The van der Waals surface area contributed by atoms with E-state index in [0.29, 0.717) is 25.7 Å². The second kappa shape index (κ2) is 6.05. The van der Waals surface area contributed by atoms with Crippen LogP contribution in [0.1, 0.15) is 31.1 Å². The van der Waals surface area contributed by atoms with Gasteiger partial charge in [0.25, 0.3) is 10.2 Å². The molecule has 0 unspecified atom stereocenters. The third-order valence-corrected chi connectivity index (χ3v) is 7.20. The lowest BCUT2D eigenvalue weighted by Gasteiger charge is -2.28. The summed E-state index contributed by atoms with van der Waals surface area (Å²) >= 11 is 0. The van der Waals surface area contributed by atoms with Crippen LogP contribution in [-0.4, -0.2) is 60.7 Å². The molecule has 23 heavy (non-hydrogen) atoms. The summed E-state index contributed by atoms with van der Waals surface area (Å²) in [6.45, 7) is 3.69. The maximum atomic E-state index is 13.1. The van der Waals surface area contributed by atoms with Crippen molar-refractivity contribution in [1.82, 2.24) is 13.5 Å². The zero-order chi connectivity index (χ0) is 15.9. The van der Waals surface area contributed by atoms with E-state index in [-0.39, 0.29) is 6.04 Å². The summed E-state index contributed by atoms with van der Waals surface area (Å²) in [5.74, 6) is 0.755. The molecule has 0 amide bonds. The molecule has 2 atom stereocenters. The molecule has 7 heteroatoms. The molecule has 0 radical (unpaired) electrons. The monoisotopic (exact) mass is 337 g/mol. The molecule has 0 bridgehead atoms. The van der Waals surface area contributed by atoms with Crippen LogP contribution in [0.4, 0.5) is 0 Å². The van der Waals surface area contributed by atoms with E-state index in [1.807, 2.05) is 12.1 Å². The molecule has 2 fully saturated rings. The van der Waals surface area contributed by atoms with Crippen LogP contribution in [0.15, 0.2) is 35.0 Å². The van der Waals surface area contributed by atoms with Gasteiger partial charge in [-0.05, 0) is 31.4 Å². The van der Waals surface area contributed by atoms with Gasteiger partial charge in [-0.15, -0.1) is 0 Å². The number of hydrogen-bond acceptors (Lipinski definition) is 4. The van der Waals surface area contributed by atoms with Crippen molar-refractivity contribution >= 4 is 10.2 Å². The Kier molecular flexibility index (Phi) is 4.05. The Morgan fingerprint density at radius 1 is 1.13 bits per heavy atom. The first-order chi connectivity index (χ1) is 11.2. The highest BCUT2D eigenvalue weighted by Gasteiger charge is 2.43. The Hall–Kier alpha value is -1.15. The Labute approximate surface area is 137 Å². The summed E-state index contributed by atoms with van der Waals surface area (Å²) in [7, 11) is -3.42. The molecular formula is C16H23N3O3S. The van der Waals surface area contributed by atoms with Crippen molar-refractivity contribution in [1.29, 1.82) is 0 Å². The van der Waals surface area contributed by atoms with Crippen LogP contribution in [-0.2, 0) is 10.2 Å². The van der Waals surface area contributed by atoms with Gasteiger partial charge in [-0.3, -0.25) is 4.90 Å². The van der Waals surface area contributed by atoms with Crippen molar-refractivity contribution in [2.45, 2.75) is 31.3 Å². The van der Waals surface area contributed by atoms with E-state index in [9.17, 15) is 8.42 Å². The minimum atomic E-state index is -3.42. The van der Waals surface area contributed by atoms with Gasteiger partial charge >= 0.3 is 0 Å². The molecule has 0 aliphatic carbocycles. The van der Waals surface area contributed by atoms with Gasteiger partial charge in [0.15, 0.2) is 0 Å². The topological polar surface area (TPSA) is 57.0 Å². The molecule has 6 nitrogen and oxygen atoms in total. The van der Waals surface area contributed by atoms with Crippen LogP contribution in [0.25, 0.3) is 0 Å². The summed E-state index contributed by atoms with van der Waals surface area (Å²) in [4.78, 5) is 2.35. The van der Waals surface area contributed by atoms with Gasteiger partial charge in [0.2, 0.25) is 0 Å². The first kappa shape index (κ1) is 15.4. The molecule has 0 aromatic carbocycles. The molecule has 1 aromatic heterocycles. The second-order valence-corrected chi connectivity index (χ2v) is 8.40. The molecule has 0 N–H and O–H groups in total. The van der Waals surface area contributed by atoms with Crippen LogP contribution >= 0.6 is 0 Å². The SMILES string of the molecule is O=S(=O)(N1CC[C@@H](N2CC=CC2)C1)N1CCC[C@@H]1c1ccco1. The van der Waals surface area contributed by atoms with E-state index in [2.05, 4.69) is 17.1 Å². The van der Waals surface area contributed by atoms with Crippen molar-refractivity contribution in [3.8, 4) is 0 Å². The highest BCUT2D eigenvalue weighted by atomic mass is 32.2. The zero-order valence-corrected chi connectivity index (χ0v) is 14.0. The minimum Gasteiger partial charge on any atom is -0.468 e. The minimum absolute atomic E-state index is 0.150. The van der Waals surface area contributed by atoms with Gasteiger partial charge in [0.1, 0.15) is 5.76 Å². The largest absolute Gasteiger partial charge is 0.468 e. The van der Waals surface area contributed by atoms with Crippen LogP contribution in [0.3, 0.4) is 0 Å². The molecule has 3 aliphatic rings. The van der Waals surface area contributed by atoms with Crippen molar-refractivity contribution < 1.29 is 12.8 Å². The van der Waals surface area contributed by atoms with Gasteiger partial charge < -0.3 is 4.42 Å². The lowest BCUT2D eigenvalue weighted by Crippen LogP contribution is -2.44. The molecule has 3 aliphatic heterocycles. The summed E-state index contributed by atoms with van der Waals surface area (Å²) in [5, 5.41) is 0. The normalized spacial score (nSPS) is 30.6. The maximum Gasteiger partial charge on any atom is 0.282 e. The number of hydrogen-bond donors (Lipinski definition) is 0. The molecule has 126 valence electrons. The first-order valence-corrected chi connectivity index (χ1v) is 9.75. The third-order valence-electron chi connectivity index (χ3n) is 5.19. The highest BCUT2D eigenvalue weighted by Crippen LogP contribution is 2.36. The predicted octanol–water partition coefficient (Wildman–Crippen LogP) is 1.61. The third kappa shape index (κ3) is 2.76. The Morgan fingerprint density at radius 2 is 1.96 bits per heavy atom. The molecule has 1 aromatic rings. The smallest absolute Gasteiger partial charge is 0.282 e. The van der Waals surface area contributed by atoms with E-state index in [0.717, 1.165) is 38.1 Å². The van der Waals surface area contributed by atoms with E-state index >= 15 is 0 Å². The number of rotatable bonds is 4. The lowest BCUT2D eigenvalue weighted by atomic mass is 10.2. The second-order valence-electron chi connectivity index (χ2n) is 6.52. The van der Waals surface area contributed by atoms with Crippen molar-refractivity contribution in [2.24, 2.45) is 0 Å². The van der Waals surface area contributed by atoms with E-state index < -0.39 is 10.2 Å². The zero-order valence-electron chi connectivity index (χ0n) is 13.2. The summed E-state index contributed by atoms with van der Waals surface area (Å²) < 4.78 is 34.9. The Morgan fingerprint density at radius 3 is 2.70 bits per heavy atom. The van der Waals surface area contributed by atoms with Gasteiger partial charge in [0.05, 0.1) is 12.3 Å². The van der Waals surface area contributed by atoms with Crippen molar-refractivity contribution in [2.75, 3.05) is 32.7 Å². The average Bonchev–Trinajstić information content (AvgIpc) is 3.36. The van der Waals surface area contributed by atoms with E-state index in [1.165, 1.54) is 0 Å². The fourth-order valence-electron chi connectivity index (χ4n) is 3.94. The standard InChI is InChI=1S/C16H23N3O3S/c20-23(21,18-11-7-14(13-18)17-8-1-2-9-17)19-10-3-5-15(19)16-6-4-12-22-16/h1-2,4,6,12,14-15H,3,5,7-11,13H2/t14-,15-/m1/s1. The van der Waals surface area contributed by atoms with Gasteiger partial charge in [-0.1, -0.05) is 12.2 Å². The van der Waals surface area contributed by atoms with Crippen LogP contribution in [0.5, 0.6) is 0 Å². The van der Waals surface area contributed by atoms with Crippen LogP contribution in [0.2, 0.25) is 0 Å². The predicted molar refractivity (Wildman–Crippen MR) is 87.0 cm³/mol. The Bertz CT molecular complexity index is 663. The van der Waals surface area contributed by atoms with Gasteiger partial charge in [0, 0.05) is 38.8 Å². The summed E-state index contributed by atoms with van der Waals surface area (Å²) in [6.07, 6.45) is 8.57. The summed E-state index contributed by atoms with van der Waals surface area (Å²) in [6, 6.07) is 3.89. The number of nitrogens with zero attached hydrogens (tertiary/aromatic N) is 3. The average molecular weight is 337 g/mol. The molecule has 4 heterocycles. The maximum absolute atomic E-state index is 13.1. The number of furan rings is 1. The Balaban J connectivity index is 1.49. The van der Waals surface area contributed by atoms with Gasteiger partial charge in [-0.2, -0.15) is 17.0 Å².